The SMILES string of the molecule is C=C[C@@]1(C)CC[C@H]2C(=CC[C@@H]3[C@]2(C)CCC[C@@]3(C)NC(=O)NS(=O)(=O)c2ccc(CCNC(=O)c3cc(Cl)ccc3OC)cc2)C1. The van der Waals surface area contributed by atoms with Gasteiger partial charge in [0.1, 0.15) is 5.75 Å². The molecule has 0 radical (unpaired) electrons. The lowest BCUT2D eigenvalue weighted by molar-refractivity contribution is -0.0271. The summed E-state index contributed by atoms with van der Waals surface area (Å²) in [4.78, 5) is 25.9. The number of fused-ring (bicyclic) bond motifs is 3. The van der Waals surface area contributed by atoms with Crippen molar-refractivity contribution in [1.29, 1.82) is 0 Å². The molecule has 248 valence electrons. The lowest BCUT2D eigenvalue weighted by atomic mass is 9.47. The molecule has 2 aromatic carbocycles. The normalized spacial score (nSPS) is 28.9. The third-order valence-electron chi connectivity index (χ3n) is 10.9. The fourth-order valence-electron chi connectivity index (χ4n) is 8.33. The van der Waals surface area contributed by atoms with Crippen molar-refractivity contribution in [1.82, 2.24) is 15.4 Å². The maximum atomic E-state index is 13.3. The number of urea groups is 1. The molecule has 10 heteroatoms. The van der Waals surface area contributed by atoms with Crippen LogP contribution in [-0.4, -0.2) is 39.5 Å². The van der Waals surface area contributed by atoms with Crippen LogP contribution < -0.4 is 20.1 Å². The van der Waals surface area contributed by atoms with Crippen LogP contribution in [0.2, 0.25) is 5.02 Å². The summed E-state index contributed by atoms with van der Waals surface area (Å²) < 4.78 is 33.9. The van der Waals surface area contributed by atoms with Gasteiger partial charge in [0.2, 0.25) is 0 Å². The van der Waals surface area contributed by atoms with Crippen LogP contribution in [0.5, 0.6) is 5.75 Å². The van der Waals surface area contributed by atoms with E-state index in [4.69, 9.17) is 16.3 Å². The van der Waals surface area contributed by atoms with E-state index in [2.05, 4.69) is 54.9 Å². The van der Waals surface area contributed by atoms with Gasteiger partial charge in [0.15, 0.2) is 0 Å². The Morgan fingerprint density at radius 1 is 1.09 bits per heavy atom. The molecule has 0 aliphatic heterocycles. The van der Waals surface area contributed by atoms with Gasteiger partial charge in [-0.15, -0.1) is 6.58 Å². The summed E-state index contributed by atoms with van der Waals surface area (Å²) in [5.41, 5.74) is 2.34. The largest absolute Gasteiger partial charge is 0.496 e. The van der Waals surface area contributed by atoms with Crippen LogP contribution in [0.4, 0.5) is 4.79 Å². The van der Waals surface area contributed by atoms with Crippen molar-refractivity contribution in [2.24, 2.45) is 22.7 Å². The van der Waals surface area contributed by atoms with E-state index in [9.17, 15) is 18.0 Å². The molecule has 0 aromatic heterocycles. The van der Waals surface area contributed by atoms with Crippen molar-refractivity contribution in [3.63, 3.8) is 0 Å². The summed E-state index contributed by atoms with van der Waals surface area (Å²) in [6, 6.07) is 10.4. The lowest BCUT2D eigenvalue weighted by Crippen LogP contribution is -2.63. The molecule has 2 aromatic rings. The molecule has 0 unspecified atom stereocenters. The maximum Gasteiger partial charge on any atom is 0.329 e. The third-order valence-corrected chi connectivity index (χ3v) is 12.5. The summed E-state index contributed by atoms with van der Waals surface area (Å²) >= 11 is 6.03. The quantitative estimate of drug-likeness (QED) is 0.245. The molecule has 2 fully saturated rings. The number of carbonyl (C=O) groups excluding carboxylic acids is 2. The van der Waals surface area contributed by atoms with Crippen LogP contribution in [-0.2, 0) is 16.4 Å². The monoisotopic (exact) mass is 667 g/mol. The third kappa shape index (κ3) is 6.86. The summed E-state index contributed by atoms with van der Waals surface area (Å²) in [6.45, 7) is 11.2. The van der Waals surface area contributed by atoms with Gasteiger partial charge in [0.05, 0.1) is 17.6 Å². The van der Waals surface area contributed by atoms with E-state index >= 15 is 0 Å². The molecule has 46 heavy (non-hydrogen) atoms. The van der Waals surface area contributed by atoms with E-state index < -0.39 is 21.6 Å². The van der Waals surface area contributed by atoms with Crippen LogP contribution >= 0.6 is 11.6 Å². The van der Waals surface area contributed by atoms with Gasteiger partial charge in [-0.1, -0.05) is 61.7 Å². The smallest absolute Gasteiger partial charge is 0.329 e. The Morgan fingerprint density at radius 2 is 1.83 bits per heavy atom. The molecule has 8 nitrogen and oxygen atoms in total. The minimum absolute atomic E-state index is 0.00421. The fourth-order valence-corrected chi connectivity index (χ4v) is 9.41. The predicted molar refractivity (Wildman–Crippen MR) is 182 cm³/mol. The number of amides is 3. The number of allylic oxidation sites excluding steroid dienone is 3. The van der Waals surface area contributed by atoms with Crippen LogP contribution in [0.25, 0.3) is 0 Å². The molecule has 3 aliphatic rings. The molecule has 0 heterocycles. The number of sulfonamides is 1. The van der Waals surface area contributed by atoms with Gasteiger partial charge >= 0.3 is 6.03 Å². The van der Waals surface area contributed by atoms with Crippen molar-refractivity contribution in [2.75, 3.05) is 13.7 Å². The van der Waals surface area contributed by atoms with Gasteiger partial charge in [-0.3, -0.25) is 4.79 Å². The zero-order chi connectivity index (χ0) is 33.3. The number of hydrogen-bond donors (Lipinski definition) is 3. The molecule has 5 atom stereocenters. The van der Waals surface area contributed by atoms with E-state index in [0.717, 1.165) is 50.5 Å². The topological polar surface area (TPSA) is 114 Å². The molecular weight excluding hydrogens is 622 g/mol. The number of hydrogen-bond acceptors (Lipinski definition) is 5. The highest BCUT2D eigenvalue weighted by atomic mass is 35.5. The second-order valence-corrected chi connectivity index (χ2v) is 16.1. The lowest BCUT2D eigenvalue weighted by Gasteiger charge is -2.59. The summed E-state index contributed by atoms with van der Waals surface area (Å²) in [7, 11) is -2.61. The van der Waals surface area contributed by atoms with E-state index in [1.165, 1.54) is 24.8 Å². The zero-order valence-corrected chi connectivity index (χ0v) is 28.8. The highest BCUT2D eigenvalue weighted by Gasteiger charge is 2.56. The Labute approximate surface area is 278 Å². The first kappa shape index (κ1) is 34.0. The Morgan fingerprint density at radius 3 is 2.52 bits per heavy atom. The maximum absolute atomic E-state index is 13.3. The first-order valence-corrected chi connectivity index (χ1v) is 18.0. The minimum Gasteiger partial charge on any atom is -0.496 e. The molecule has 3 aliphatic carbocycles. The Hall–Kier alpha value is -3.30. The van der Waals surface area contributed by atoms with Crippen molar-refractivity contribution >= 4 is 33.6 Å². The number of ether oxygens (including phenoxy) is 1. The number of rotatable bonds is 9. The van der Waals surface area contributed by atoms with Gasteiger partial charge in [-0.05, 0) is 110 Å². The number of benzene rings is 2. The zero-order valence-electron chi connectivity index (χ0n) is 27.2. The van der Waals surface area contributed by atoms with Gasteiger partial charge < -0.3 is 15.4 Å². The van der Waals surface area contributed by atoms with Crippen molar-refractivity contribution in [3.05, 3.63) is 82.9 Å². The van der Waals surface area contributed by atoms with Crippen LogP contribution in [0.1, 0.15) is 81.6 Å². The Balaban J connectivity index is 1.19. The molecule has 0 spiro atoms. The summed E-state index contributed by atoms with van der Waals surface area (Å²) in [6.07, 6.45) is 12.0. The molecule has 0 saturated heterocycles. The first-order valence-electron chi connectivity index (χ1n) is 16.1. The van der Waals surface area contributed by atoms with Crippen LogP contribution in [0, 0.1) is 22.7 Å². The number of nitrogens with one attached hydrogen (secondary N) is 3. The number of halogens is 1. The molecule has 5 rings (SSSR count). The van der Waals surface area contributed by atoms with E-state index in [1.807, 2.05) is 0 Å². The Kier molecular flexibility index (Phi) is 9.67. The summed E-state index contributed by atoms with van der Waals surface area (Å²) in [5, 5.41) is 6.38. The number of methoxy groups -OCH3 is 1. The highest BCUT2D eigenvalue weighted by molar-refractivity contribution is 7.90. The average Bonchev–Trinajstić information content (AvgIpc) is 3.00. The van der Waals surface area contributed by atoms with Crippen LogP contribution in [0.3, 0.4) is 0 Å². The molecule has 2 saturated carbocycles. The molecule has 3 N–H and O–H groups in total. The van der Waals surface area contributed by atoms with E-state index in [-0.39, 0.29) is 27.6 Å². The van der Waals surface area contributed by atoms with Gasteiger partial charge in [0, 0.05) is 17.1 Å². The van der Waals surface area contributed by atoms with Gasteiger partial charge in [-0.2, -0.15) is 0 Å². The van der Waals surface area contributed by atoms with E-state index in [1.54, 1.807) is 30.3 Å². The Bertz CT molecular complexity index is 1640. The van der Waals surface area contributed by atoms with Gasteiger partial charge in [0.25, 0.3) is 15.9 Å². The number of carbonyl (C=O) groups is 2. The fraction of sp³-hybridized carbons (Fsp3) is 0.500. The van der Waals surface area contributed by atoms with Crippen LogP contribution in [0.15, 0.2) is 71.7 Å². The van der Waals surface area contributed by atoms with Gasteiger partial charge in [-0.25, -0.2) is 17.9 Å². The first-order chi connectivity index (χ1) is 21.7. The average molecular weight is 668 g/mol. The molecular formula is C36H46ClN3O5S. The van der Waals surface area contributed by atoms with Crippen molar-refractivity contribution < 1.29 is 22.7 Å². The second kappa shape index (κ2) is 13.1. The van der Waals surface area contributed by atoms with E-state index in [0.29, 0.717) is 35.2 Å². The summed E-state index contributed by atoms with van der Waals surface area (Å²) in [5.74, 6) is 0.785. The predicted octanol–water partition coefficient (Wildman–Crippen LogP) is 7.20. The minimum atomic E-state index is -4.09. The molecule has 3 amide bonds. The van der Waals surface area contributed by atoms with Crippen molar-refractivity contribution in [2.45, 2.75) is 82.6 Å². The second-order valence-electron chi connectivity index (χ2n) is 14.0. The molecule has 0 bridgehead atoms. The van der Waals surface area contributed by atoms with Crippen molar-refractivity contribution in [3.8, 4) is 5.75 Å². The standard InChI is InChI=1S/C36H46ClN3O5S/c1-6-34(2)20-16-29-25(23-34)10-15-31-35(29,3)18-7-19-36(31,4)39-33(42)40-46(43,44)27-12-8-24(9-13-27)17-21-38-32(41)28-22-26(37)11-14-30(28)45-5/h6,8-14,22,29,31H,1,7,15-21,23H2,2-5H3,(H,38,41)(H2,39,40,42)/t29-,31+,34-,35+,36+/m0/s1. The highest BCUT2D eigenvalue weighted by Crippen LogP contribution is 2.61.